The van der Waals surface area contributed by atoms with Crippen molar-refractivity contribution < 1.29 is 19.1 Å². The number of ether oxygens (including phenoxy) is 2. The van der Waals surface area contributed by atoms with Crippen molar-refractivity contribution in [1.29, 1.82) is 0 Å². The fourth-order valence-corrected chi connectivity index (χ4v) is 4.23. The number of likely N-dealkylation sites (N-methyl/N-ethyl adjacent to an activating group) is 1. The quantitative estimate of drug-likeness (QED) is 0.0834. The molecule has 0 aliphatic heterocycles. The maximum Gasteiger partial charge on any atom is 0.410 e. The minimum atomic E-state index is -0.628. The summed E-state index contributed by atoms with van der Waals surface area (Å²) in [6.07, 6.45) is 22.8. The number of unbranched alkanes of at least 4 members (excludes halogenated alkanes) is 15. The SMILES string of the molecule is C=CCCOC(=O)N(C)C(C(=O)OCCCCCCCCCCCCCCCCCC)C(C)C. The van der Waals surface area contributed by atoms with Crippen molar-refractivity contribution in [1.82, 2.24) is 4.90 Å². The monoisotopic (exact) mass is 481 g/mol. The summed E-state index contributed by atoms with van der Waals surface area (Å²) < 4.78 is 10.6. The van der Waals surface area contributed by atoms with Crippen LogP contribution in [0.4, 0.5) is 4.79 Å². The predicted octanol–water partition coefficient (Wildman–Crippen LogP) is 8.46. The fraction of sp³-hybridized carbons (Fsp3) is 0.862. The van der Waals surface area contributed by atoms with Gasteiger partial charge < -0.3 is 9.47 Å². The van der Waals surface area contributed by atoms with Crippen molar-refractivity contribution in [3.63, 3.8) is 0 Å². The number of hydrogen-bond donors (Lipinski definition) is 0. The Bertz CT molecular complexity index is 506. The van der Waals surface area contributed by atoms with Gasteiger partial charge >= 0.3 is 12.1 Å². The summed E-state index contributed by atoms with van der Waals surface area (Å²) in [6.45, 7) is 10.4. The van der Waals surface area contributed by atoms with Crippen LogP contribution in [-0.4, -0.2) is 43.3 Å². The van der Waals surface area contributed by atoms with E-state index in [4.69, 9.17) is 9.47 Å². The molecule has 0 rings (SSSR count). The molecule has 1 unspecified atom stereocenters. The van der Waals surface area contributed by atoms with E-state index in [0.29, 0.717) is 13.0 Å². The maximum atomic E-state index is 12.5. The van der Waals surface area contributed by atoms with Gasteiger partial charge in [-0.1, -0.05) is 123 Å². The van der Waals surface area contributed by atoms with E-state index in [1.807, 2.05) is 13.8 Å². The van der Waals surface area contributed by atoms with E-state index < -0.39 is 12.1 Å². The average molecular weight is 482 g/mol. The van der Waals surface area contributed by atoms with E-state index in [0.717, 1.165) is 12.8 Å². The lowest BCUT2D eigenvalue weighted by Gasteiger charge is -2.28. The van der Waals surface area contributed by atoms with Gasteiger partial charge in [-0.2, -0.15) is 0 Å². The first-order valence-corrected chi connectivity index (χ1v) is 14.1. The summed E-state index contributed by atoms with van der Waals surface area (Å²) in [4.78, 5) is 26.0. The van der Waals surface area contributed by atoms with Gasteiger partial charge in [-0.15, -0.1) is 6.58 Å². The summed E-state index contributed by atoms with van der Waals surface area (Å²) in [5.41, 5.74) is 0. The van der Waals surface area contributed by atoms with E-state index >= 15 is 0 Å². The molecule has 0 aromatic heterocycles. The van der Waals surface area contributed by atoms with Gasteiger partial charge in [0.25, 0.3) is 0 Å². The van der Waals surface area contributed by atoms with Crippen LogP contribution in [0.1, 0.15) is 130 Å². The van der Waals surface area contributed by atoms with Crippen LogP contribution in [0.15, 0.2) is 12.7 Å². The summed E-state index contributed by atoms with van der Waals surface area (Å²) in [6, 6.07) is -0.628. The van der Waals surface area contributed by atoms with Crippen molar-refractivity contribution in [2.45, 2.75) is 136 Å². The molecule has 0 saturated carbocycles. The second-order valence-electron chi connectivity index (χ2n) is 9.96. The molecular formula is C29H55NO4. The van der Waals surface area contributed by atoms with Crippen molar-refractivity contribution >= 4 is 12.1 Å². The molecule has 5 nitrogen and oxygen atoms in total. The van der Waals surface area contributed by atoms with Crippen molar-refractivity contribution in [2.24, 2.45) is 5.92 Å². The smallest absolute Gasteiger partial charge is 0.410 e. The largest absolute Gasteiger partial charge is 0.464 e. The maximum absolute atomic E-state index is 12.5. The summed E-state index contributed by atoms with van der Waals surface area (Å²) in [5, 5.41) is 0. The highest BCUT2D eigenvalue weighted by Crippen LogP contribution is 2.15. The second kappa shape index (κ2) is 23.2. The standard InChI is InChI=1S/C29H55NO4/c1-6-8-10-11-12-13-14-15-16-17-18-19-20-21-22-23-25-33-28(31)27(26(3)4)30(5)29(32)34-24-9-7-2/h7,26-27H,2,6,8-25H2,1,3-5H3. The van der Waals surface area contributed by atoms with Crippen molar-refractivity contribution in [2.75, 3.05) is 20.3 Å². The topological polar surface area (TPSA) is 55.8 Å². The molecule has 0 aliphatic carbocycles. The minimum Gasteiger partial charge on any atom is -0.464 e. The number of carbonyl (C=O) groups excluding carboxylic acids is 2. The molecule has 0 fully saturated rings. The first kappa shape index (κ1) is 32.5. The van der Waals surface area contributed by atoms with Gasteiger partial charge in [-0.25, -0.2) is 9.59 Å². The van der Waals surface area contributed by atoms with Crippen LogP contribution in [0.25, 0.3) is 0 Å². The Balaban J connectivity index is 3.70. The zero-order valence-corrected chi connectivity index (χ0v) is 23.0. The van der Waals surface area contributed by atoms with Gasteiger partial charge in [0.1, 0.15) is 6.04 Å². The van der Waals surface area contributed by atoms with Crippen LogP contribution < -0.4 is 0 Å². The Morgan fingerprint density at radius 3 is 1.59 bits per heavy atom. The van der Waals surface area contributed by atoms with Gasteiger partial charge in [0, 0.05) is 7.05 Å². The highest BCUT2D eigenvalue weighted by Gasteiger charge is 2.32. The van der Waals surface area contributed by atoms with Crippen LogP contribution in [-0.2, 0) is 14.3 Å². The molecule has 0 spiro atoms. The van der Waals surface area contributed by atoms with E-state index in [1.165, 1.54) is 94.8 Å². The van der Waals surface area contributed by atoms with Crippen LogP contribution in [0.3, 0.4) is 0 Å². The minimum absolute atomic E-state index is 0.0461. The van der Waals surface area contributed by atoms with Gasteiger partial charge in [0.15, 0.2) is 0 Å². The Labute approximate surface area is 211 Å². The third-order valence-corrected chi connectivity index (χ3v) is 6.37. The van der Waals surface area contributed by atoms with Crippen molar-refractivity contribution in [3.8, 4) is 0 Å². The fourth-order valence-electron chi connectivity index (χ4n) is 4.23. The number of amides is 1. The lowest BCUT2D eigenvalue weighted by molar-refractivity contribution is -0.150. The normalized spacial score (nSPS) is 11.9. The number of hydrogen-bond acceptors (Lipinski definition) is 4. The molecule has 5 heteroatoms. The first-order valence-electron chi connectivity index (χ1n) is 14.1. The lowest BCUT2D eigenvalue weighted by atomic mass is 10.0. The molecule has 0 saturated heterocycles. The molecule has 0 aliphatic rings. The van der Waals surface area contributed by atoms with Crippen LogP contribution >= 0.6 is 0 Å². The number of carbonyl (C=O) groups is 2. The van der Waals surface area contributed by atoms with Crippen LogP contribution in [0, 0.1) is 5.92 Å². The lowest BCUT2D eigenvalue weighted by Crippen LogP contribution is -2.46. The first-order chi connectivity index (χ1) is 16.5. The summed E-state index contributed by atoms with van der Waals surface area (Å²) in [7, 11) is 1.59. The Hall–Kier alpha value is -1.52. The third-order valence-electron chi connectivity index (χ3n) is 6.37. The van der Waals surface area contributed by atoms with E-state index in [9.17, 15) is 9.59 Å². The van der Waals surface area contributed by atoms with Crippen LogP contribution in [0.5, 0.6) is 0 Å². The van der Waals surface area contributed by atoms with E-state index in [-0.39, 0.29) is 18.5 Å². The number of rotatable bonds is 23. The van der Waals surface area contributed by atoms with E-state index in [2.05, 4.69) is 13.5 Å². The molecule has 0 radical (unpaired) electrons. The van der Waals surface area contributed by atoms with Crippen molar-refractivity contribution in [3.05, 3.63) is 12.7 Å². The highest BCUT2D eigenvalue weighted by atomic mass is 16.6. The molecule has 1 amide bonds. The third kappa shape index (κ3) is 17.9. The van der Waals surface area contributed by atoms with Gasteiger partial charge in [-0.3, -0.25) is 4.90 Å². The molecule has 34 heavy (non-hydrogen) atoms. The highest BCUT2D eigenvalue weighted by molar-refractivity contribution is 5.81. The Morgan fingerprint density at radius 2 is 1.18 bits per heavy atom. The van der Waals surface area contributed by atoms with Crippen LogP contribution in [0.2, 0.25) is 0 Å². The number of esters is 1. The van der Waals surface area contributed by atoms with Gasteiger partial charge in [-0.05, 0) is 18.8 Å². The molecule has 0 N–H and O–H groups in total. The van der Waals surface area contributed by atoms with Gasteiger partial charge in [0.05, 0.1) is 13.2 Å². The van der Waals surface area contributed by atoms with E-state index in [1.54, 1.807) is 13.1 Å². The zero-order valence-electron chi connectivity index (χ0n) is 23.0. The Kier molecular flexibility index (Phi) is 22.2. The number of nitrogens with zero attached hydrogens (tertiary/aromatic N) is 1. The summed E-state index contributed by atoms with van der Waals surface area (Å²) >= 11 is 0. The van der Waals surface area contributed by atoms with Gasteiger partial charge in [0.2, 0.25) is 0 Å². The zero-order chi connectivity index (χ0) is 25.4. The molecule has 0 heterocycles. The molecule has 0 bridgehead atoms. The summed E-state index contributed by atoms with van der Waals surface area (Å²) in [5.74, 6) is -0.394. The predicted molar refractivity (Wildman–Crippen MR) is 143 cm³/mol. The Morgan fingerprint density at radius 1 is 0.735 bits per heavy atom. The molecule has 200 valence electrons. The molecular weight excluding hydrogens is 426 g/mol. The molecule has 0 aromatic rings. The average Bonchev–Trinajstić information content (AvgIpc) is 2.81. The molecule has 0 aromatic carbocycles. The second-order valence-corrected chi connectivity index (χ2v) is 9.96. The molecule has 1 atom stereocenters.